The zero-order valence-corrected chi connectivity index (χ0v) is 19.9. The number of nitrogens with zero attached hydrogens (tertiary/aromatic N) is 1. The predicted molar refractivity (Wildman–Crippen MR) is 131 cm³/mol. The Hall–Kier alpha value is -2.64. The quantitative estimate of drug-likeness (QED) is 0.573. The molecule has 4 aliphatic rings. The van der Waals surface area contributed by atoms with Crippen LogP contribution in [0.4, 0.5) is 4.39 Å². The number of hydrogen-bond donors (Lipinski definition) is 1. The molecule has 0 saturated heterocycles. The summed E-state index contributed by atoms with van der Waals surface area (Å²) in [6.45, 7) is 4.00. The Bertz CT molecular complexity index is 1160. The Morgan fingerprint density at radius 3 is 2.52 bits per heavy atom. The molecule has 2 N–H and O–H groups in total. The lowest BCUT2D eigenvalue weighted by molar-refractivity contribution is 0.00682. The molecule has 2 fully saturated rings. The fourth-order valence-corrected chi connectivity index (χ4v) is 6.25. The van der Waals surface area contributed by atoms with E-state index in [2.05, 4.69) is 30.0 Å². The summed E-state index contributed by atoms with van der Waals surface area (Å²) in [6, 6.07) is 11.9. The van der Waals surface area contributed by atoms with Crippen LogP contribution in [-0.4, -0.2) is 19.0 Å². The van der Waals surface area contributed by atoms with E-state index in [1.165, 1.54) is 30.0 Å². The topological polar surface area (TPSA) is 47.6 Å². The minimum atomic E-state index is -0.639. The summed E-state index contributed by atoms with van der Waals surface area (Å²) < 4.78 is 20.6. The van der Waals surface area contributed by atoms with Gasteiger partial charge in [0, 0.05) is 24.0 Å². The number of methoxy groups -OCH3 is 1. The van der Waals surface area contributed by atoms with Crippen molar-refractivity contribution in [1.82, 2.24) is 0 Å². The molecular formula is C29H33FN2O. The van der Waals surface area contributed by atoms with Crippen LogP contribution in [0.2, 0.25) is 0 Å². The summed E-state index contributed by atoms with van der Waals surface area (Å²) in [7, 11) is 1.79. The fraction of sp³-hybridized carbons (Fsp3) is 0.483. The molecule has 3 nitrogen and oxygen atoms in total. The SMILES string of the molecule is CC.COC1CCC2(CC1)Cc1ccc(C#CC3CC3)cc1C21N=C(N)c2c(F)cccc21. The van der Waals surface area contributed by atoms with Crippen molar-refractivity contribution in [1.29, 1.82) is 0 Å². The van der Waals surface area contributed by atoms with Crippen LogP contribution in [0.15, 0.2) is 41.4 Å². The molecule has 1 unspecified atom stereocenters. The molecule has 0 bridgehead atoms. The third-order valence-electron chi connectivity index (χ3n) is 7.96. The fourth-order valence-electron chi connectivity index (χ4n) is 6.25. The second-order valence-electron chi connectivity index (χ2n) is 9.68. The highest BCUT2D eigenvalue weighted by molar-refractivity contribution is 6.03. The molecule has 2 aromatic rings. The van der Waals surface area contributed by atoms with E-state index in [4.69, 9.17) is 15.5 Å². The lowest BCUT2D eigenvalue weighted by Crippen LogP contribution is -2.45. The normalized spacial score (nSPS) is 29.0. The zero-order valence-electron chi connectivity index (χ0n) is 19.9. The summed E-state index contributed by atoms with van der Waals surface area (Å²) in [5.74, 6) is 7.34. The summed E-state index contributed by atoms with van der Waals surface area (Å²) >= 11 is 0. The first-order valence-corrected chi connectivity index (χ1v) is 12.4. The number of ether oxygens (including phenoxy) is 1. The van der Waals surface area contributed by atoms with Crippen molar-refractivity contribution in [3.8, 4) is 11.8 Å². The molecule has 4 heteroatoms. The number of hydrogen-bond acceptors (Lipinski definition) is 3. The van der Waals surface area contributed by atoms with Crippen molar-refractivity contribution in [2.45, 2.75) is 70.4 Å². The molecule has 0 amide bonds. The van der Waals surface area contributed by atoms with Gasteiger partial charge in [0.1, 0.15) is 17.2 Å². The van der Waals surface area contributed by atoms with Crippen LogP contribution >= 0.6 is 0 Å². The van der Waals surface area contributed by atoms with E-state index in [1.54, 1.807) is 13.2 Å². The van der Waals surface area contributed by atoms with E-state index < -0.39 is 5.54 Å². The second-order valence-corrected chi connectivity index (χ2v) is 9.68. The Morgan fingerprint density at radius 1 is 1.06 bits per heavy atom. The van der Waals surface area contributed by atoms with Crippen molar-refractivity contribution in [2.24, 2.45) is 22.1 Å². The number of nitrogens with two attached hydrogens (primary N) is 1. The van der Waals surface area contributed by atoms with Gasteiger partial charge in [-0.1, -0.05) is 43.9 Å². The molecule has 2 aromatic carbocycles. The van der Waals surface area contributed by atoms with Crippen LogP contribution in [0.5, 0.6) is 0 Å². The Kier molecular flexibility index (Phi) is 5.57. The van der Waals surface area contributed by atoms with Gasteiger partial charge in [0.2, 0.25) is 0 Å². The van der Waals surface area contributed by atoms with E-state index >= 15 is 0 Å². The Balaban J connectivity index is 0.00000111. The van der Waals surface area contributed by atoms with Gasteiger partial charge < -0.3 is 10.5 Å². The smallest absolute Gasteiger partial charge is 0.134 e. The molecule has 1 heterocycles. The van der Waals surface area contributed by atoms with Crippen molar-refractivity contribution < 1.29 is 9.13 Å². The average molecular weight is 445 g/mol. The van der Waals surface area contributed by atoms with Gasteiger partial charge >= 0.3 is 0 Å². The zero-order chi connectivity index (χ0) is 23.2. The van der Waals surface area contributed by atoms with Gasteiger partial charge in [-0.25, -0.2) is 4.39 Å². The average Bonchev–Trinajstić information content (AvgIpc) is 3.57. The maximum atomic E-state index is 14.9. The highest BCUT2D eigenvalue weighted by Crippen LogP contribution is 2.64. The Labute approximate surface area is 196 Å². The molecule has 3 aliphatic carbocycles. The van der Waals surface area contributed by atoms with Crippen LogP contribution in [-0.2, 0) is 16.7 Å². The van der Waals surface area contributed by atoms with Crippen molar-refractivity contribution >= 4 is 5.84 Å². The molecule has 0 radical (unpaired) electrons. The first-order chi connectivity index (χ1) is 16.1. The van der Waals surface area contributed by atoms with Crippen LogP contribution < -0.4 is 5.73 Å². The Morgan fingerprint density at radius 2 is 1.82 bits per heavy atom. The van der Waals surface area contributed by atoms with Crippen molar-refractivity contribution in [3.05, 3.63) is 70.0 Å². The largest absolute Gasteiger partial charge is 0.383 e. The van der Waals surface area contributed by atoms with E-state index in [-0.39, 0.29) is 17.3 Å². The monoisotopic (exact) mass is 444 g/mol. The highest BCUT2D eigenvalue weighted by Gasteiger charge is 2.62. The van der Waals surface area contributed by atoms with Crippen molar-refractivity contribution in [3.63, 3.8) is 0 Å². The van der Waals surface area contributed by atoms with E-state index in [9.17, 15) is 4.39 Å². The molecule has 2 spiro atoms. The molecule has 33 heavy (non-hydrogen) atoms. The predicted octanol–water partition coefficient (Wildman–Crippen LogP) is 5.71. The molecular weight excluding hydrogens is 411 g/mol. The third-order valence-corrected chi connectivity index (χ3v) is 7.96. The lowest BCUT2D eigenvalue weighted by atomic mass is 9.59. The van der Waals surface area contributed by atoms with E-state index in [0.717, 1.165) is 43.2 Å². The molecule has 0 aromatic heterocycles. The van der Waals surface area contributed by atoms with Crippen LogP contribution in [0.1, 0.15) is 80.2 Å². The summed E-state index contributed by atoms with van der Waals surface area (Å²) in [4.78, 5) is 5.13. The number of fused-ring (bicyclic) bond motifs is 5. The van der Waals surface area contributed by atoms with E-state index in [1.807, 2.05) is 19.9 Å². The molecule has 6 rings (SSSR count). The summed E-state index contributed by atoms with van der Waals surface area (Å²) in [6.07, 6.45) is 7.56. The van der Waals surface area contributed by atoms with Gasteiger partial charge in [0.05, 0.1) is 11.7 Å². The van der Waals surface area contributed by atoms with Gasteiger partial charge in [-0.2, -0.15) is 0 Å². The van der Waals surface area contributed by atoms with Gasteiger partial charge in [0.25, 0.3) is 0 Å². The maximum Gasteiger partial charge on any atom is 0.134 e. The number of aliphatic imine (C=N–C) groups is 1. The number of amidine groups is 1. The van der Waals surface area contributed by atoms with Gasteiger partial charge in [-0.15, -0.1) is 0 Å². The lowest BCUT2D eigenvalue weighted by Gasteiger charge is -2.47. The summed E-state index contributed by atoms with van der Waals surface area (Å²) in [5.41, 5.74) is 10.5. The minimum Gasteiger partial charge on any atom is -0.383 e. The van der Waals surface area contributed by atoms with E-state index in [0.29, 0.717) is 17.3 Å². The molecule has 2 saturated carbocycles. The van der Waals surface area contributed by atoms with Gasteiger partial charge in [-0.3, -0.25) is 4.99 Å². The van der Waals surface area contributed by atoms with Crippen molar-refractivity contribution in [2.75, 3.05) is 7.11 Å². The maximum absolute atomic E-state index is 14.9. The highest BCUT2D eigenvalue weighted by atomic mass is 19.1. The van der Waals surface area contributed by atoms with Gasteiger partial charge in [0.15, 0.2) is 0 Å². The first-order valence-electron chi connectivity index (χ1n) is 12.4. The number of benzene rings is 2. The molecule has 1 aliphatic heterocycles. The minimum absolute atomic E-state index is 0.115. The van der Waals surface area contributed by atoms with Gasteiger partial charge in [-0.05, 0) is 79.8 Å². The molecule has 1 atom stereocenters. The standard InChI is InChI=1S/C27H27FN2O.C2H6/c1-31-20-11-13-26(14-12-20)16-19-10-9-18(8-7-17-5-6-17)15-22(19)27(26)21-3-2-4-23(28)24(21)25(29)30-27;1-2/h2-4,9-10,15,17,20H,5-6,11-14,16H2,1H3,(H2,29,30);1-2H3. The number of halogens is 1. The third kappa shape index (κ3) is 3.32. The summed E-state index contributed by atoms with van der Waals surface area (Å²) in [5, 5.41) is 0. The van der Waals surface area contributed by atoms with Crippen LogP contribution in [0, 0.1) is 29.0 Å². The second kappa shape index (κ2) is 8.29. The number of rotatable bonds is 1. The van der Waals surface area contributed by atoms with Crippen LogP contribution in [0.25, 0.3) is 0 Å². The molecule has 172 valence electrons. The first kappa shape index (κ1) is 22.2. The van der Waals surface area contributed by atoms with Crippen LogP contribution in [0.3, 0.4) is 0 Å².